The Balaban J connectivity index is 0.811. The normalized spacial score (nSPS) is 13.7. The number of rotatable bonds is 13. The van der Waals surface area contributed by atoms with Gasteiger partial charge in [-0.25, -0.2) is 9.59 Å². The Morgan fingerprint density at radius 2 is 0.833 bits per heavy atom. The van der Waals surface area contributed by atoms with Gasteiger partial charge in [0.05, 0.1) is 13.2 Å². The average Bonchev–Trinajstić information content (AvgIpc) is 3.10. The Morgan fingerprint density at radius 3 is 1.17 bits per heavy atom. The van der Waals surface area contributed by atoms with Crippen LogP contribution in [0.3, 0.4) is 0 Å². The van der Waals surface area contributed by atoms with Crippen molar-refractivity contribution in [3.8, 4) is 0 Å². The van der Waals surface area contributed by atoms with E-state index in [0.717, 1.165) is 10.8 Å². The number of nitrogens with zero attached hydrogens (tertiary/aromatic N) is 2. The lowest BCUT2D eigenvalue weighted by Gasteiger charge is -2.27. The maximum atomic E-state index is 13.0. The van der Waals surface area contributed by atoms with E-state index in [1.54, 1.807) is 48.5 Å². The van der Waals surface area contributed by atoms with Crippen molar-refractivity contribution < 1.29 is 38.2 Å². The summed E-state index contributed by atoms with van der Waals surface area (Å²) in [7, 11) is 0. The monoisotopic (exact) mass is 650 g/mol. The second-order valence-corrected chi connectivity index (χ2v) is 11.5. The van der Waals surface area contributed by atoms with Crippen LogP contribution in [0.4, 0.5) is 9.59 Å². The Bertz CT molecular complexity index is 1700. The summed E-state index contributed by atoms with van der Waals surface area (Å²) >= 11 is 0. The lowest BCUT2D eigenvalue weighted by atomic mass is 9.94. The first-order valence-electron chi connectivity index (χ1n) is 15.9. The molecule has 6 amide bonds. The molecule has 246 valence electrons. The molecule has 0 radical (unpaired) electrons. The number of carbonyl (C=O) groups is 6. The molecule has 12 nitrogen and oxygen atoms in total. The Morgan fingerprint density at radius 1 is 0.500 bits per heavy atom. The molecule has 0 spiro atoms. The predicted molar refractivity (Wildman–Crippen MR) is 176 cm³/mol. The van der Waals surface area contributed by atoms with Crippen LogP contribution in [0.5, 0.6) is 0 Å². The third-order valence-electron chi connectivity index (χ3n) is 8.37. The van der Waals surface area contributed by atoms with E-state index in [4.69, 9.17) is 9.47 Å². The lowest BCUT2D eigenvalue weighted by Crippen LogP contribution is -2.41. The Kier molecular flexibility index (Phi) is 9.60. The molecular weight excluding hydrogens is 616 g/mol. The minimum absolute atomic E-state index is 0.120. The topological polar surface area (TPSA) is 151 Å². The molecule has 2 aliphatic rings. The van der Waals surface area contributed by atoms with E-state index >= 15 is 0 Å². The van der Waals surface area contributed by atoms with Crippen molar-refractivity contribution in [3.05, 3.63) is 95.1 Å². The molecule has 0 aromatic heterocycles. The third-order valence-corrected chi connectivity index (χ3v) is 8.37. The summed E-state index contributed by atoms with van der Waals surface area (Å²) in [4.78, 5) is 78.3. The third kappa shape index (κ3) is 6.55. The summed E-state index contributed by atoms with van der Waals surface area (Å²) in [6, 6.07) is 21.5. The number of benzene rings is 4. The highest BCUT2D eigenvalue weighted by atomic mass is 16.6. The van der Waals surface area contributed by atoms with Crippen LogP contribution in [0, 0.1) is 0 Å². The summed E-state index contributed by atoms with van der Waals surface area (Å²) in [6.07, 6.45) is 0.425. The number of hydrogen-bond acceptors (Lipinski definition) is 8. The van der Waals surface area contributed by atoms with Crippen LogP contribution in [0.1, 0.15) is 67.1 Å². The Labute approximate surface area is 275 Å². The van der Waals surface area contributed by atoms with E-state index in [0.29, 0.717) is 58.7 Å². The standard InChI is InChI=1S/C36H34N4O8/c41-31-25-13-3-9-23-10-4-14-26(29(23)25)32(42)39(31)19-7-17-37-35(45)47-21-1-2-22-48-36(46)38-18-8-20-40-33(43)27-15-5-11-24-12-6-16-28(30(24)27)34(40)44/h3-6,9-16H,1-2,7-8,17-22H2,(H,37,45)(H,38,46). The molecule has 0 atom stereocenters. The van der Waals surface area contributed by atoms with Crippen molar-refractivity contribution in [1.82, 2.24) is 20.4 Å². The van der Waals surface area contributed by atoms with Crippen LogP contribution in [-0.2, 0) is 9.47 Å². The van der Waals surface area contributed by atoms with Crippen LogP contribution in [-0.4, -0.2) is 85.0 Å². The second-order valence-electron chi connectivity index (χ2n) is 11.5. The van der Waals surface area contributed by atoms with Crippen LogP contribution in [0.25, 0.3) is 21.5 Å². The molecule has 0 saturated heterocycles. The summed E-state index contributed by atoms with van der Waals surface area (Å²) in [5, 5.41) is 8.26. The first kappa shape index (κ1) is 32.2. The minimum atomic E-state index is -0.620. The fraction of sp³-hybridized carbons (Fsp3) is 0.278. The van der Waals surface area contributed by atoms with Gasteiger partial charge in [-0.15, -0.1) is 0 Å². The van der Waals surface area contributed by atoms with Crippen LogP contribution < -0.4 is 10.6 Å². The maximum absolute atomic E-state index is 13.0. The van der Waals surface area contributed by atoms with Gasteiger partial charge in [0.2, 0.25) is 0 Å². The predicted octanol–water partition coefficient (Wildman–Crippen LogP) is 4.90. The first-order chi connectivity index (χ1) is 23.3. The zero-order valence-corrected chi connectivity index (χ0v) is 26.2. The van der Waals surface area contributed by atoms with Gasteiger partial charge < -0.3 is 20.1 Å². The smallest absolute Gasteiger partial charge is 0.407 e. The van der Waals surface area contributed by atoms with Crippen molar-refractivity contribution >= 4 is 57.4 Å². The molecular formula is C36H34N4O8. The molecule has 12 heteroatoms. The van der Waals surface area contributed by atoms with E-state index in [-0.39, 0.29) is 63.0 Å². The highest BCUT2D eigenvalue weighted by Crippen LogP contribution is 2.31. The molecule has 48 heavy (non-hydrogen) atoms. The molecule has 4 aromatic rings. The molecule has 2 N–H and O–H groups in total. The van der Waals surface area contributed by atoms with Crippen molar-refractivity contribution in [2.45, 2.75) is 25.7 Å². The van der Waals surface area contributed by atoms with E-state index < -0.39 is 12.2 Å². The first-order valence-corrected chi connectivity index (χ1v) is 15.9. The quantitative estimate of drug-likeness (QED) is 0.153. The van der Waals surface area contributed by atoms with E-state index in [2.05, 4.69) is 10.6 Å². The molecule has 0 saturated carbocycles. The number of imide groups is 2. The van der Waals surface area contributed by atoms with Crippen LogP contribution in [0.2, 0.25) is 0 Å². The van der Waals surface area contributed by atoms with E-state index in [9.17, 15) is 28.8 Å². The Hall–Kier alpha value is -5.78. The number of unbranched alkanes of at least 4 members (excludes halogenated alkanes) is 1. The highest BCUT2D eigenvalue weighted by molar-refractivity contribution is 6.26. The second kappa shape index (κ2) is 14.3. The number of alkyl carbamates (subject to hydrolysis) is 2. The number of nitrogens with one attached hydrogen (secondary N) is 2. The van der Waals surface area contributed by atoms with E-state index in [1.165, 1.54) is 9.80 Å². The van der Waals surface area contributed by atoms with Gasteiger partial charge in [-0.05, 0) is 60.7 Å². The molecule has 4 aromatic carbocycles. The summed E-state index contributed by atoms with van der Waals surface area (Å²) in [5.74, 6) is -1.40. The maximum Gasteiger partial charge on any atom is 0.407 e. The van der Waals surface area contributed by atoms with Gasteiger partial charge in [-0.2, -0.15) is 0 Å². The van der Waals surface area contributed by atoms with Crippen molar-refractivity contribution in [3.63, 3.8) is 0 Å². The zero-order valence-electron chi connectivity index (χ0n) is 26.2. The number of amides is 6. The van der Waals surface area contributed by atoms with Crippen LogP contribution >= 0.6 is 0 Å². The molecule has 2 heterocycles. The van der Waals surface area contributed by atoms with Gasteiger partial charge in [0.1, 0.15) is 0 Å². The number of ether oxygens (including phenoxy) is 2. The van der Waals surface area contributed by atoms with Gasteiger partial charge in [-0.1, -0.05) is 48.5 Å². The molecule has 0 bridgehead atoms. The molecule has 2 aliphatic heterocycles. The fourth-order valence-corrected chi connectivity index (χ4v) is 6.06. The van der Waals surface area contributed by atoms with Crippen molar-refractivity contribution in [2.24, 2.45) is 0 Å². The zero-order chi connectivity index (χ0) is 33.6. The number of hydrogen-bond donors (Lipinski definition) is 2. The number of carbonyl (C=O) groups excluding carboxylic acids is 6. The van der Waals surface area contributed by atoms with Gasteiger partial charge in [0.25, 0.3) is 23.6 Å². The fourth-order valence-electron chi connectivity index (χ4n) is 6.06. The molecule has 0 unspecified atom stereocenters. The van der Waals surface area contributed by atoms with E-state index in [1.807, 2.05) is 24.3 Å². The van der Waals surface area contributed by atoms with Gasteiger partial charge in [0.15, 0.2) is 0 Å². The molecule has 6 rings (SSSR count). The van der Waals surface area contributed by atoms with Gasteiger partial charge in [0, 0.05) is 59.2 Å². The lowest BCUT2D eigenvalue weighted by molar-refractivity contribution is 0.0593. The molecule has 0 aliphatic carbocycles. The van der Waals surface area contributed by atoms with Gasteiger partial charge in [-0.3, -0.25) is 29.0 Å². The van der Waals surface area contributed by atoms with Crippen molar-refractivity contribution in [1.29, 1.82) is 0 Å². The summed E-state index contributed by atoms with van der Waals surface area (Å²) in [6.45, 7) is 0.984. The van der Waals surface area contributed by atoms with Gasteiger partial charge >= 0.3 is 12.2 Å². The summed E-state index contributed by atoms with van der Waals surface area (Å²) in [5.41, 5.74) is 1.96. The summed E-state index contributed by atoms with van der Waals surface area (Å²) < 4.78 is 10.3. The van der Waals surface area contributed by atoms with Crippen LogP contribution in [0.15, 0.2) is 72.8 Å². The molecule has 0 fully saturated rings. The minimum Gasteiger partial charge on any atom is -0.450 e. The highest BCUT2D eigenvalue weighted by Gasteiger charge is 2.33. The average molecular weight is 651 g/mol. The van der Waals surface area contributed by atoms with Crippen molar-refractivity contribution in [2.75, 3.05) is 39.4 Å². The SMILES string of the molecule is O=C(NCCCN1C(=O)c2cccc3cccc(c23)C1=O)OCCCCOC(=O)NCCCN1C(=O)c2cccc3cccc(c23)C1=O. The largest absolute Gasteiger partial charge is 0.450 e.